The zero-order valence-corrected chi connectivity index (χ0v) is 16.7. The van der Waals surface area contributed by atoms with Crippen molar-refractivity contribution in [1.82, 2.24) is 15.1 Å². The van der Waals surface area contributed by atoms with Gasteiger partial charge < -0.3 is 10.2 Å². The second-order valence-electron chi connectivity index (χ2n) is 9.93. The van der Waals surface area contributed by atoms with Gasteiger partial charge in [0.1, 0.15) is 0 Å². The molecule has 26 heavy (non-hydrogen) atoms. The van der Waals surface area contributed by atoms with Crippen LogP contribution in [-0.4, -0.2) is 60.9 Å². The molecule has 1 aliphatic heterocycles. The lowest BCUT2D eigenvalue weighted by Gasteiger charge is -2.59. The van der Waals surface area contributed by atoms with E-state index in [1.165, 1.54) is 38.5 Å². The van der Waals surface area contributed by atoms with Crippen LogP contribution in [0.3, 0.4) is 0 Å². The van der Waals surface area contributed by atoms with Crippen LogP contribution in [0.15, 0.2) is 0 Å². The SMILES string of the molecule is C[C@@H](NC(=O)CN1CCC[C@H]1C(=O)N(C)C)C12CC3CC(CC(C3)C1)C2. The van der Waals surface area contributed by atoms with E-state index >= 15 is 0 Å². The van der Waals surface area contributed by atoms with Gasteiger partial charge in [0.15, 0.2) is 0 Å². The quantitative estimate of drug-likeness (QED) is 0.817. The van der Waals surface area contributed by atoms with Gasteiger partial charge >= 0.3 is 0 Å². The number of carbonyl (C=O) groups is 2. The van der Waals surface area contributed by atoms with E-state index in [-0.39, 0.29) is 23.9 Å². The molecule has 0 spiro atoms. The molecule has 0 aromatic rings. The lowest BCUT2D eigenvalue weighted by atomic mass is 9.48. The van der Waals surface area contributed by atoms with Crippen molar-refractivity contribution in [2.24, 2.45) is 23.2 Å². The summed E-state index contributed by atoms with van der Waals surface area (Å²) in [6.07, 6.45) is 10.1. The lowest BCUT2D eigenvalue weighted by molar-refractivity contribution is -0.135. The Balaban J connectivity index is 1.35. The van der Waals surface area contributed by atoms with Crippen LogP contribution in [0.2, 0.25) is 0 Å². The molecule has 4 saturated carbocycles. The van der Waals surface area contributed by atoms with Crippen molar-refractivity contribution in [3.8, 4) is 0 Å². The Bertz CT molecular complexity index is 538. The maximum Gasteiger partial charge on any atom is 0.239 e. The molecular weight excluding hydrogens is 326 g/mol. The van der Waals surface area contributed by atoms with Crippen LogP contribution in [0.5, 0.6) is 0 Å². The molecule has 1 heterocycles. The predicted octanol–water partition coefficient (Wildman–Crippen LogP) is 2.26. The van der Waals surface area contributed by atoms with Crippen molar-refractivity contribution in [3.63, 3.8) is 0 Å². The number of hydrogen-bond acceptors (Lipinski definition) is 3. The average molecular weight is 362 g/mol. The van der Waals surface area contributed by atoms with Crippen LogP contribution in [0.25, 0.3) is 0 Å². The highest BCUT2D eigenvalue weighted by atomic mass is 16.2. The van der Waals surface area contributed by atoms with Gasteiger partial charge in [-0.3, -0.25) is 14.5 Å². The van der Waals surface area contributed by atoms with Crippen LogP contribution < -0.4 is 5.32 Å². The van der Waals surface area contributed by atoms with Gasteiger partial charge in [-0.25, -0.2) is 0 Å². The molecule has 1 N–H and O–H groups in total. The van der Waals surface area contributed by atoms with Crippen molar-refractivity contribution in [2.45, 2.75) is 70.4 Å². The third kappa shape index (κ3) is 3.28. The summed E-state index contributed by atoms with van der Waals surface area (Å²) in [5, 5.41) is 3.35. The van der Waals surface area contributed by atoms with Crippen LogP contribution in [0.1, 0.15) is 58.3 Å². The Kier molecular flexibility index (Phi) is 4.79. The zero-order chi connectivity index (χ0) is 18.5. The molecule has 5 nitrogen and oxygen atoms in total. The summed E-state index contributed by atoms with van der Waals surface area (Å²) in [5.74, 6) is 2.94. The van der Waals surface area contributed by atoms with Crippen LogP contribution >= 0.6 is 0 Å². The molecule has 2 atom stereocenters. The van der Waals surface area contributed by atoms with Gasteiger partial charge in [0, 0.05) is 20.1 Å². The number of nitrogens with zero attached hydrogens (tertiary/aromatic N) is 2. The number of rotatable bonds is 5. The zero-order valence-electron chi connectivity index (χ0n) is 16.7. The second kappa shape index (κ2) is 6.81. The fraction of sp³-hybridized carbons (Fsp3) is 0.905. The number of nitrogens with one attached hydrogen (secondary N) is 1. The van der Waals surface area contributed by atoms with E-state index < -0.39 is 0 Å². The van der Waals surface area contributed by atoms with E-state index in [0.29, 0.717) is 12.0 Å². The normalized spacial score (nSPS) is 39.8. The van der Waals surface area contributed by atoms with E-state index in [9.17, 15) is 9.59 Å². The molecule has 5 aliphatic rings. The van der Waals surface area contributed by atoms with Crippen molar-refractivity contribution in [1.29, 1.82) is 0 Å². The molecule has 0 radical (unpaired) electrons. The number of hydrogen-bond donors (Lipinski definition) is 1. The van der Waals surface area contributed by atoms with E-state index in [2.05, 4.69) is 17.1 Å². The summed E-state index contributed by atoms with van der Waals surface area (Å²) in [6, 6.07) is 0.139. The molecule has 1 saturated heterocycles. The fourth-order valence-electron chi connectivity index (χ4n) is 6.93. The predicted molar refractivity (Wildman–Crippen MR) is 101 cm³/mol. The largest absolute Gasteiger partial charge is 0.352 e. The van der Waals surface area contributed by atoms with E-state index in [1.54, 1.807) is 19.0 Å². The van der Waals surface area contributed by atoms with E-state index in [0.717, 1.165) is 37.1 Å². The van der Waals surface area contributed by atoms with E-state index in [4.69, 9.17) is 0 Å². The van der Waals surface area contributed by atoms with Crippen molar-refractivity contribution < 1.29 is 9.59 Å². The monoisotopic (exact) mass is 361 g/mol. The molecule has 4 bridgehead atoms. The number of likely N-dealkylation sites (tertiary alicyclic amines) is 1. The van der Waals surface area contributed by atoms with Gasteiger partial charge in [-0.2, -0.15) is 0 Å². The van der Waals surface area contributed by atoms with Crippen LogP contribution in [0.4, 0.5) is 0 Å². The third-order valence-corrected chi connectivity index (χ3v) is 7.82. The van der Waals surface area contributed by atoms with Crippen LogP contribution in [0, 0.1) is 23.2 Å². The molecular formula is C21H35N3O2. The van der Waals surface area contributed by atoms with Crippen molar-refractivity contribution in [3.05, 3.63) is 0 Å². The minimum Gasteiger partial charge on any atom is -0.352 e. The third-order valence-electron chi connectivity index (χ3n) is 7.82. The van der Waals surface area contributed by atoms with Gasteiger partial charge in [0.25, 0.3) is 0 Å². The number of likely N-dealkylation sites (N-methyl/N-ethyl adjacent to an activating group) is 1. The summed E-state index contributed by atoms with van der Waals surface area (Å²) in [6.45, 7) is 3.45. The topological polar surface area (TPSA) is 52.7 Å². The highest BCUT2D eigenvalue weighted by Gasteiger charge is 2.53. The minimum atomic E-state index is -0.120. The number of amides is 2. The van der Waals surface area contributed by atoms with E-state index in [1.807, 2.05) is 0 Å². The molecule has 146 valence electrons. The molecule has 0 aromatic heterocycles. The Morgan fingerprint density at radius 3 is 2.23 bits per heavy atom. The Labute approximate surface area is 157 Å². The van der Waals surface area contributed by atoms with Crippen molar-refractivity contribution >= 4 is 11.8 Å². The molecule has 5 fully saturated rings. The molecule has 4 aliphatic carbocycles. The first-order valence-corrected chi connectivity index (χ1v) is 10.6. The first-order chi connectivity index (χ1) is 12.4. The highest BCUT2D eigenvalue weighted by Crippen LogP contribution is 2.61. The Hall–Kier alpha value is -1.10. The molecule has 5 rings (SSSR count). The fourth-order valence-corrected chi connectivity index (χ4v) is 6.93. The Morgan fingerprint density at radius 2 is 1.69 bits per heavy atom. The van der Waals surface area contributed by atoms with Crippen LogP contribution in [-0.2, 0) is 9.59 Å². The molecule has 0 aromatic carbocycles. The Morgan fingerprint density at radius 1 is 1.12 bits per heavy atom. The maximum absolute atomic E-state index is 12.8. The van der Waals surface area contributed by atoms with Gasteiger partial charge in [-0.05, 0) is 88.0 Å². The summed E-state index contributed by atoms with van der Waals surface area (Å²) in [5.41, 5.74) is 0.342. The second-order valence-corrected chi connectivity index (χ2v) is 9.93. The molecule has 2 amide bonds. The standard InChI is InChI=1S/C21H35N3O2/c1-14(21-10-15-7-16(11-21)9-17(8-15)12-21)22-19(25)13-24-6-4-5-18(24)20(26)23(2)3/h14-18H,4-13H2,1-3H3,(H,22,25)/t14-,15?,16?,17?,18+,21?/m1/s1. The highest BCUT2D eigenvalue weighted by molar-refractivity contribution is 5.83. The van der Waals surface area contributed by atoms with Gasteiger partial charge in [-0.1, -0.05) is 0 Å². The minimum absolute atomic E-state index is 0.103. The van der Waals surface area contributed by atoms with Gasteiger partial charge in [-0.15, -0.1) is 0 Å². The molecule has 0 unspecified atom stereocenters. The number of carbonyl (C=O) groups excluding carboxylic acids is 2. The van der Waals surface area contributed by atoms with Gasteiger partial charge in [0.2, 0.25) is 11.8 Å². The molecule has 5 heteroatoms. The average Bonchev–Trinajstić information content (AvgIpc) is 3.00. The smallest absolute Gasteiger partial charge is 0.239 e. The summed E-state index contributed by atoms with van der Waals surface area (Å²) in [7, 11) is 3.60. The van der Waals surface area contributed by atoms with Crippen molar-refractivity contribution in [2.75, 3.05) is 27.2 Å². The summed E-state index contributed by atoms with van der Waals surface area (Å²) >= 11 is 0. The first kappa shape index (κ1) is 18.3. The first-order valence-electron chi connectivity index (χ1n) is 10.6. The maximum atomic E-state index is 12.8. The lowest BCUT2D eigenvalue weighted by Crippen LogP contribution is -2.57. The summed E-state index contributed by atoms with van der Waals surface area (Å²) in [4.78, 5) is 28.8. The van der Waals surface area contributed by atoms with Gasteiger partial charge in [0.05, 0.1) is 12.6 Å². The summed E-state index contributed by atoms with van der Waals surface area (Å²) < 4.78 is 0.